The molecule has 2 aromatic carbocycles. The van der Waals surface area contributed by atoms with Crippen LogP contribution in [0.3, 0.4) is 0 Å². The minimum absolute atomic E-state index is 0.0164. The fraction of sp³-hybridized carbons (Fsp3) is 0.316. The summed E-state index contributed by atoms with van der Waals surface area (Å²) in [5.74, 6) is 2.14. The molecule has 0 unspecified atom stereocenters. The zero-order valence-electron chi connectivity index (χ0n) is 14.3. The van der Waals surface area contributed by atoms with Gasteiger partial charge in [0.15, 0.2) is 6.61 Å². The van der Waals surface area contributed by atoms with Crippen LogP contribution in [-0.4, -0.2) is 44.7 Å². The van der Waals surface area contributed by atoms with Crippen LogP contribution in [0.5, 0.6) is 17.2 Å². The third-order valence-corrected chi connectivity index (χ3v) is 3.53. The lowest BCUT2D eigenvalue weighted by Crippen LogP contribution is -2.34. The van der Waals surface area contributed by atoms with Crippen LogP contribution in [0, 0.1) is 6.92 Å². The lowest BCUT2D eigenvalue weighted by atomic mass is 10.2. The molecule has 0 aromatic heterocycles. The molecule has 0 aliphatic carbocycles. The maximum atomic E-state index is 12.1. The van der Waals surface area contributed by atoms with Crippen molar-refractivity contribution in [3.05, 3.63) is 54.1 Å². The Morgan fingerprint density at radius 1 is 1.00 bits per heavy atom. The van der Waals surface area contributed by atoms with Crippen molar-refractivity contribution in [2.45, 2.75) is 6.92 Å². The number of carbonyl (C=O) groups is 1. The summed E-state index contributed by atoms with van der Waals surface area (Å²) in [5.41, 5.74) is 1.10. The molecule has 0 atom stereocenters. The van der Waals surface area contributed by atoms with Crippen LogP contribution >= 0.6 is 0 Å². The zero-order chi connectivity index (χ0) is 17.4. The number of hydrogen-bond donors (Lipinski definition) is 0. The number of nitrogens with zero attached hydrogens (tertiary/aromatic N) is 1. The molecule has 0 fully saturated rings. The van der Waals surface area contributed by atoms with Gasteiger partial charge in [0.25, 0.3) is 5.91 Å². The average Bonchev–Trinajstić information content (AvgIpc) is 2.60. The molecule has 24 heavy (non-hydrogen) atoms. The maximum Gasteiger partial charge on any atom is 0.260 e. The number of methoxy groups -OCH3 is 1. The number of benzene rings is 2. The van der Waals surface area contributed by atoms with Crippen molar-refractivity contribution in [2.24, 2.45) is 0 Å². The minimum atomic E-state index is -0.0881. The topological polar surface area (TPSA) is 48.0 Å². The number of aryl methyl sites for hydroxylation is 1. The highest BCUT2D eigenvalue weighted by atomic mass is 16.5. The van der Waals surface area contributed by atoms with E-state index in [1.54, 1.807) is 19.1 Å². The van der Waals surface area contributed by atoms with Crippen LogP contribution in [0.15, 0.2) is 48.5 Å². The predicted molar refractivity (Wildman–Crippen MR) is 92.8 cm³/mol. The largest absolute Gasteiger partial charge is 0.497 e. The van der Waals surface area contributed by atoms with Crippen LogP contribution in [0.4, 0.5) is 0 Å². The van der Waals surface area contributed by atoms with E-state index in [1.807, 2.05) is 55.5 Å². The smallest absolute Gasteiger partial charge is 0.260 e. The highest BCUT2D eigenvalue weighted by molar-refractivity contribution is 5.77. The Labute approximate surface area is 142 Å². The average molecular weight is 329 g/mol. The standard InChI is InChI=1S/C19H23NO4/c1-15-5-4-6-18(13-15)24-14-19(21)20(2)11-12-23-17-9-7-16(22-3)8-10-17/h4-10,13H,11-12,14H2,1-3H3. The minimum Gasteiger partial charge on any atom is -0.497 e. The fourth-order valence-corrected chi connectivity index (χ4v) is 2.06. The van der Waals surface area contributed by atoms with Gasteiger partial charge in [0.2, 0.25) is 0 Å². The summed E-state index contributed by atoms with van der Waals surface area (Å²) < 4.78 is 16.2. The molecule has 0 bridgehead atoms. The number of amides is 1. The van der Waals surface area contributed by atoms with Gasteiger partial charge in [-0.2, -0.15) is 0 Å². The Morgan fingerprint density at radius 3 is 2.38 bits per heavy atom. The van der Waals surface area contributed by atoms with E-state index in [9.17, 15) is 4.79 Å². The molecule has 5 heteroatoms. The van der Waals surface area contributed by atoms with Crippen molar-refractivity contribution < 1.29 is 19.0 Å². The van der Waals surface area contributed by atoms with Crippen molar-refractivity contribution >= 4 is 5.91 Å². The van der Waals surface area contributed by atoms with Crippen LogP contribution < -0.4 is 14.2 Å². The second kappa shape index (κ2) is 8.82. The van der Waals surface area contributed by atoms with E-state index < -0.39 is 0 Å². The van der Waals surface area contributed by atoms with Gasteiger partial charge < -0.3 is 19.1 Å². The monoisotopic (exact) mass is 329 g/mol. The summed E-state index contributed by atoms with van der Waals surface area (Å²) in [6.45, 7) is 2.90. The maximum absolute atomic E-state index is 12.1. The lowest BCUT2D eigenvalue weighted by molar-refractivity contribution is -0.132. The SMILES string of the molecule is COc1ccc(OCCN(C)C(=O)COc2cccc(C)c2)cc1. The number of carbonyl (C=O) groups excluding carboxylic acids is 1. The first-order valence-electron chi connectivity index (χ1n) is 7.79. The lowest BCUT2D eigenvalue weighted by Gasteiger charge is -2.18. The molecule has 0 aliphatic rings. The third kappa shape index (κ3) is 5.50. The second-order valence-electron chi connectivity index (χ2n) is 5.44. The van der Waals surface area contributed by atoms with E-state index in [-0.39, 0.29) is 12.5 Å². The summed E-state index contributed by atoms with van der Waals surface area (Å²) in [4.78, 5) is 13.7. The second-order valence-corrected chi connectivity index (χ2v) is 5.44. The molecule has 0 saturated heterocycles. The molecule has 128 valence electrons. The molecular formula is C19H23NO4. The van der Waals surface area contributed by atoms with Crippen LogP contribution in [0.2, 0.25) is 0 Å². The van der Waals surface area contributed by atoms with E-state index in [1.165, 1.54) is 0 Å². The molecule has 0 heterocycles. The normalized spacial score (nSPS) is 10.1. The zero-order valence-corrected chi connectivity index (χ0v) is 14.3. The van der Waals surface area contributed by atoms with E-state index in [4.69, 9.17) is 14.2 Å². The van der Waals surface area contributed by atoms with Gasteiger partial charge in [0.1, 0.15) is 23.9 Å². The van der Waals surface area contributed by atoms with Gasteiger partial charge in [0, 0.05) is 7.05 Å². The van der Waals surface area contributed by atoms with E-state index in [0.717, 1.165) is 17.1 Å². The molecule has 0 aliphatic heterocycles. The Balaban J connectivity index is 1.71. The highest BCUT2D eigenvalue weighted by Gasteiger charge is 2.09. The first kappa shape index (κ1) is 17.7. The summed E-state index contributed by atoms with van der Waals surface area (Å²) in [7, 11) is 3.36. The van der Waals surface area contributed by atoms with Gasteiger partial charge in [-0.3, -0.25) is 4.79 Å². The molecule has 0 radical (unpaired) electrons. The van der Waals surface area contributed by atoms with Crippen molar-refractivity contribution in [3.63, 3.8) is 0 Å². The molecule has 0 spiro atoms. The summed E-state index contributed by atoms with van der Waals surface area (Å²) in [6.07, 6.45) is 0. The number of hydrogen-bond acceptors (Lipinski definition) is 4. The van der Waals surface area contributed by atoms with Gasteiger partial charge in [-0.05, 0) is 48.9 Å². The van der Waals surface area contributed by atoms with Gasteiger partial charge in [0.05, 0.1) is 13.7 Å². The predicted octanol–water partition coefficient (Wildman–Crippen LogP) is 2.92. The molecular weight excluding hydrogens is 306 g/mol. The molecule has 0 saturated carbocycles. The van der Waals surface area contributed by atoms with Crippen LogP contribution in [0.1, 0.15) is 5.56 Å². The first-order valence-corrected chi connectivity index (χ1v) is 7.79. The highest BCUT2D eigenvalue weighted by Crippen LogP contribution is 2.17. The van der Waals surface area contributed by atoms with E-state index in [2.05, 4.69) is 0 Å². The van der Waals surface area contributed by atoms with Crippen molar-refractivity contribution in [2.75, 3.05) is 33.9 Å². The fourth-order valence-electron chi connectivity index (χ4n) is 2.06. The summed E-state index contributed by atoms with van der Waals surface area (Å²) >= 11 is 0. The van der Waals surface area contributed by atoms with Gasteiger partial charge in [-0.15, -0.1) is 0 Å². The summed E-state index contributed by atoms with van der Waals surface area (Å²) in [5, 5.41) is 0. The van der Waals surface area contributed by atoms with E-state index >= 15 is 0 Å². The number of likely N-dealkylation sites (N-methyl/N-ethyl adjacent to an activating group) is 1. The molecule has 0 N–H and O–H groups in total. The van der Waals surface area contributed by atoms with Crippen LogP contribution in [-0.2, 0) is 4.79 Å². The van der Waals surface area contributed by atoms with Gasteiger partial charge in [-0.25, -0.2) is 0 Å². The summed E-state index contributed by atoms with van der Waals surface area (Å²) in [6, 6.07) is 15.0. The Morgan fingerprint density at radius 2 is 1.71 bits per heavy atom. The third-order valence-electron chi connectivity index (χ3n) is 3.53. The molecule has 5 nitrogen and oxygen atoms in total. The number of ether oxygens (including phenoxy) is 3. The Bertz CT molecular complexity index is 655. The Hall–Kier alpha value is -2.69. The quantitative estimate of drug-likeness (QED) is 0.747. The molecule has 1 amide bonds. The van der Waals surface area contributed by atoms with Crippen molar-refractivity contribution in [3.8, 4) is 17.2 Å². The van der Waals surface area contributed by atoms with Gasteiger partial charge in [-0.1, -0.05) is 12.1 Å². The number of rotatable bonds is 8. The van der Waals surface area contributed by atoms with Crippen molar-refractivity contribution in [1.82, 2.24) is 4.90 Å². The Kier molecular flexibility index (Phi) is 6.49. The van der Waals surface area contributed by atoms with Crippen molar-refractivity contribution in [1.29, 1.82) is 0 Å². The molecule has 2 aromatic rings. The van der Waals surface area contributed by atoms with Crippen LogP contribution in [0.25, 0.3) is 0 Å². The first-order chi connectivity index (χ1) is 11.6. The van der Waals surface area contributed by atoms with Gasteiger partial charge >= 0.3 is 0 Å². The molecule has 2 rings (SSSR count). The van der Waals surface area contributed by atoms with E-state index in [0.29, 0.717) is 18.9 Å².